The summed E-state index contributed by atoms with van der Waals surface area (Å²) in [5.41, 5.74) is 0. The molecule has 3 aliphatic rings. The third kappa shape index (κ3) is 6.37. The topological polar surface area (TPSA) is 71.9 Å². The zero-order chi connectivity index (χ0) is 20.9. The Balaban J connectivity index is 0.000000298. The van der Waals surface area contributed by atoms with Crippen molar-refractivity contribution in [3.05, 3.63) is 16.6 Å². The molecule has 3 atom stereocenters. The highest BCUT2D eigenvalue weighted by Crippen LogP contribution is 2.34. The Morgan fingerprint density at radius 2 is 2.03 bits per heavy atom. The lowest BCUT2D eigenvalue weighted by Crippen LogP contribution is -2.51. The molecular weight excluding hydrogens is 409 g/mol. The number of rotatable bonds is 5. The number of nitrogens with zero attached hydrogens (tertiary/aromatic N) is 2. The fraction of sp³-hybridized carbons (Fsp3) is 0.789. The summed E-state index contributed by atoms with van der Waals surface area (Å²) in [6, 6.07) is 0.520. The molecule has 2 aliphatic carbocycles. The second-order valence-electron chi connectivity index (χ2n) is 7.70. The molecule has 6 nitrogen and oxygen atoms in total. The van der Waals surface area contributed by atoms with Gasteiger partial charge in [-0.3, -0.25) is 4.90 Å². The summed E-state index contributed by atoms with van der Waals surface area (Å²) in [7, 11) is 0. The normalized spacial score (nSPS) is 28.0. The predicted molar refractivity (Wildman–Crippen MR) is 101 cm³/mol. The molecule has 1 saturated heterocycles. The molecule has 0 amide bonds. The van der Waals surface area contributed by atoms with Crippen molar-refractivity contribution in [3.8, 4) is 0 Å². The number of carbonyl (C=O) groups is 1. The largest absolute Gasteiger partial charge is 0.490 e. The number of hydrogen-bond donors (Lipinski definition) is 1. The first-order valence-electron chi connectivity index (χ1n) is 10.0. The van der Waals surface area contributed by atoms with Crippen molar-refractivity contribution < 1.29 is 32.5 Å². The molecule has 0 radical (unpaired) electrons. The molecule has 2 heterocycles. The van der Waals surface area contributed by atoms with Gasteiger partial charge in [0.2, 0.25) is 0 Å². The SMILES string of the molecule is O=C(O)C(F)(F)F.c1csc(CN2CCO[C@H]3[C@H](OCC4CCCC4)CC[C@@H]32)n1. The molecule has 0 aromatic carbocycles. The molecule has 164 valence electrons. The van der Waals surface area contributed by atoms with Gasteiger partial charge in [-0.05, 0) is 31.6 Å². The molecule has 3 fully saturated rings. The highest BCUT2D eigenvalue weighted by Gasteiger charge is 2.43. The van der Waals surface area contributed by atoms with Gasteiger partial charge in [-0.25, -0.2) is 9.78 Å². The van der Waals surface area contributed by atoms with Gasteiger partial charge in [0, 0.05) is 30.8 Å². The first kappa shape index (κ1) is 22.5. The summed E-state index contributed by atoms with van der Waals surface area (Å²) in [4.78, 5) is 15.9. The molecule has 10 heteroatoms. The number of halogens is 3. The van der Waals surface area contributed by atoms with Crippen molar-refractivity contribution in [2.24, 2.45) is 5.92 Å². The fourth-order valence-electron chi connectivity index (χ4n) is 4.31. The van der Waals surface area contributed by atoms with Crippen LogP contribution in [0.4, 0.5) is 13.2 Å². The minimum absolute atomic E-state index is 0.273. The van der Waals surface area contributed by atoms with E-state index in [4.69, 9.17) is 19.4 Å². The van der Waals surface area contributed by atoms with E-state index in [2.05, 4.69) is 15.3 Å². The number of morpholine rings is 1. The third-order valence-corrected chi connectivity index (χ3v) is 6.50. The highest BCUT2D eigenvalue weighted by atomic mass is 32.1. The maximum atomic E-state index is 10.6. The van der Waals surface area contributed by atoms with Crippen LogP contribution in [-0.2, 0) is 20.8 Å². The van der Waals surface area contributed by atoms with E-state index in [1.807, 2.05) is 6.20 Å². The number of ether oxygens (including phenoxy) is 2. The summed E-state index contributed by atoms with van der Waals surface area (Å²) in [6.45, 7) is 3.77. The number of aliphatic carboxylic acids is 1. The van der Waals surface area contributed by atoms with Crippen molar-refractivity contribution in [2.75, 3.05) is 19.8 Å². The smallest absolute Gasteiger partial charge is 0.475 e. The van der Waals surface area contributed by atoms with Crippen molar-refractivity contribution in [1.29, 1.82) is 0 Å². The molecule has 4 rings (SSSR count). The number of alkyl halides is 3. The van der Waals surface area contributed by atoms with Gasteiger partial charge in [0.15, 0.2) is 0 Å². The van der Waals surface area contributed by atoms with Gasteiger partial charge < -0.3 is 14.6 Å². The number of thiazole rings is 1. The first-order valence-corrected chi connectivity index (χ1v) is 10.9. The number of carboxylic acids is 1. The Bertz CT molecular complexity index is 638. The second-order valence-corrected chi connectivity index (χ2v) is 8.68. The van der Waals surface area contributed by atoms with Crippen molar-refractivity contribution in [1.82, 2.24) is 9.88 Å². The molecule has 0 spiro atoms. The maximum Gasteiger partial charge on any atom is 0.490 e. The fourth-order valence-corrected chi connectivity index (χ4v) is 4.95. The van der Waals surface area contributed by atoms with Crippen LogP contribution in [0.3, 0.4) is 0 Å². The minimum atomic E-state index is -5.08. The minimum Gasteiger partial charge on any atom is -0.475 e. The summed E-state index contributed by atoms with van der Waals surface area (Å²) < 4.78 is 44.1. The Hall–Kier alpha value is -1.23. The number of fused-ring (bicyclic) bond motifs is 1. The van der Waals surface area contributed by atoms with Crippen LogP contribution in [0.25, 0.3) is 0 Å². The zero-order valence-electron chi connectivity index (χ0n) is 16.1. The second kappa shape index (κ2) is 10.2. The average molecular weight is 436 g/mol. The molecule has 0 bridgehead atoms. The molecule has 0 unspecified atom stereocenters. The predicted octanol–water partition coefficient (Wildman–Crippen LogP) is 3.72. The van der Waals surface area contributed by atoms with Gasteiger partial charge in [0.25, 0.3) is 0 Å². The van der Waals surface area contributed by atoms with E-state index >= 15 is 0 Å². The monoisotopic (exact) mass is 436 g/mol. The molecule has 1 aromatic rings. The Morgan fingerprint density at radius 3 is 2.66 bits per heavy atom. The van der Waals surface area contributed by atoms with Gasteiger partial charge in [-0.15, -0.1) is 11.3 Å². The number of aromatic nitrogens is 1. The Morgan fingerprint density at radius 1 is 1.31 bits per heavy atom. The van der Waals surface area contributed by atoms with E-state index in [-0.39, 0.29) is 6.10 Å². The van der Waals surface area contributed by atoms with E-state index in [1.165, 1.54) is 37.1 Å². The van der Waals surface area contributed by atoms with Crippen LogP contribution < -0.4 is 0 Å². The zero-order valence-corrected chi connectivity index (χ0v) is 17.0. The van der Waals surface area contributed by atoms with Gasteiger partial charge in [-0.1, -0.05) is 12.8 Å². The van der Waals surface area contributed by atoms with E-state index < -0.39 is 12.1 Å². The molecule has 2 saturated carbocycles. The van der Waals surface area contributed by atoms with Crippen molar-refractivity contribution in [3.63, 3.8) is 0 Å². The Kier molecular flexibility index (Phi) is 7.89. The lowest BCUT2D eigenvalue weighted by atomic mass is 10.1. The standard InChI is InChI=1S/C17H26N2O2S.C2HF3O2/c1-2-4-13(3-1)12-21-15-6-5-14-17(15)20-9-8-19(14)11-16-18-7-10-22-16;3-2(4,5)1(6)7/h7,10,13-15,17H,1-6,8-9,11-12H2;(H,6,7)/t14-,15+,17+;/m0./s1. The Labute approximate surface area is 172 Å². The van der Waals surface area contributed by atoms with Crippen LogP contribution in [-0.4, -0.2) is 65.1 Å². The summed E-state index contributed by atoms with van der Waals surface area (Å²) >= 11 is 1.75. The van der Waals surface area contributed by atoms with Crippen molar-refractivity contribution >= 4 is 17.3 Å². The van der Waals surface area contributed by atoms with Crippen molar-refractivity contribution in [2.45, 2.75) is 69.5 Å². The average Bonchev–Trinajstić information content (AvgIpc) is 3.42. The van der Waals surface area contributed by atoms with Gasteiger partial charge in [0.05, 0.1) is 25.4 Å². The molecular formula is C19H27F3N2O4S. The maximum absolute atomic E-state index is 10.6. The summed E-state index contributed by atoms with van der Waals surface area (Å²) in [5.74, 6) is -1.96. The van der Waals surface area contributed by atoms with Crippen LogP contribution in [0.15, 0.2) is 11.6 Å². The van der Waals surface area contributed by atoms with E-state index in [9.17, 15) is 13.2 Å². The van der Waals surface area contributed by atoms with Gasteiger partial charge in [0.1, 0.15) is 5.01 Å². The lowest BCUT2D eigenvalue weighted by Gasteiger charge is -2.38. The van der Waals surface area contributed by atoms with E-state index in [0.29, 0.717) is 12.1 Å². The van der Waals surface area contributed by atoms with Crippen LogP contribution in [0.1, 0.15) is 43.5 Å². The van der Waals surface area contributed by atoms with Crippen LogP contribution in [0.2, 0.25) is 0 Å². The quantitative estimate of drug-likeness (QED) is 0.759. The van der Waals surface area contributed by atoms with E-state index in [1.54, 1.807) is 11.3 Å². The number of hydrogen-bond acceptors (Lipinski definition) is 6. The summed E-state index contributed by atoms with van der Waals surface area (Å²) in [6.07, 6.45) is 5.25. The first-order chi connectivity index (χ1) is 13.8. The lowest BCUT2D eigenvalue weighted by molar-refractivity contribution is -0.192. The third-order valence-electron chi connectivity index (χ3n) is 5.74. The van der Waals surface area contributed by atoms with Gasteiger partial charge in [-0.2, -0.15) is 13.2 Å². The van der Waals surface area contributed by atoms with Crippen LogP contribution in [0, 0.1) is 5.92 Å². The van der Waals surface area contributed by atoms with E-state index in [0.717, 1.165) is 38.6 Å². The summed E-state index contributed by atoms with van der Waals surface area (Å²) in [5, 5.41) is 10.4. The van der Waals surface area contributed by atoms with Crippen LogP contribution in [0.5, 0.6) is 0 Å². The van der Waals surface area contributed by atoms with Gasteiger partial charge >= 0.3 is 12.1 Å². The molecule has 1 aliphatic heterocycles. The van der Waals surface area contributed by atoms with Crippen LogP contribution >= 0.6 is 11.3 Å². The number of carboxylic acid groups (broad SMARTS) is 1. The highest BCUT2D eigenvalue weighted by molar-refractivity contribution is 7.09. The molecule has 1 N–H and O–H groups in total. The molecule has 1 aromatic heterocycles. The molecule has 29 heavy (non-hydrogen) atoms.